The fourth-order valence-corrected chi connectivity index (χ4v) is 5.03. The first kappa shape index (κ1) is 20.5. The molecular weight excluding hydrogens is 352 g/mol. The van der Waals surface area contributed by atoms with Crippen molar-refractivity contribution in [3.8, 4) is 0 Å². The van der Waals surface area contributed by atoms with Crippen molar-refractivity contribution in [1.82, 2.24) is 9.88 Å². The minimum absolute atomic E-state index is 0.00577. The molecule has 148 valence electrons. The Morgan fingerprint density at radius 1 is 1.22 bits per heavy atom. The summed E-state index contributed by atoms with van der Waals surface area (Å²) in [6, 6.07) is 8.89. The van der Waals surface area contributed by atoms with Gasteiger partial charge in [0.25, 0.3) is 0 Å². The Morgan fingerprint density at radius 2 is 2.04 bits per heavy atom. The molecule has 0 bridgehead atoms. The Labute approximate surface area is 168 Å². The van der Waals surface area contributed by atoms with Crippen LogP contribution in [0.2, 0.25) is 0 Å². The maximum absolute atomic E-state index is 5.96. The number of pyridine rings is 1. The van der Waals surface area contributed by atoms with E-state index in [2.05, 4.69) is 61.8 Å². The summed E-state index contributed by atoms with van der Waals surface area (Å²) >= 11 is 1.94. The van der Waals surface area contributed by atoms with Crippen LogP contribution in [0.25, 0.3) is 0 Å². The van der Waals surface area contributed by atoms with E-state index in [1.165, 1.54) is 28.2 Å². The van der Waals surface area contributed by atoms with Crippen molar-refractivity contribution in [2.45, 2.75) is 59.4 Å². The highest BCUT2D eigenvalue weighted by molar-refractivity contribution is 7.11. The van der Waals surface area contributed by atoms with Gasteiger partial charge in [-0.3, -0.25) is 9.88 Å². The molecule has 0 unspecified atom stereocenters. The SMILES string of the molecule is CCOC[C@]1(CCc2ccc(C)s2)CCN(C(C)(C)c2ccc(C)nc2)C1. The first-order valence-electron chi connectivity index (χ1n) is 10.2. The van der Waals surface area contributed by atoms with Crippen LogP contribution in [0.3, 0.4) is 0 Å². The van der Waals surface area contributed by atoms with Gasteiger partial charge in [-0.15, -0.1) is 11.3 Å². The Kier molecular flexibility index (Phi) is 6.39. The molecule has 3 nitrogen and oxygen atoms in total. The van der Waals surface area contributed by atoms with Crippen LogP contribution in [0.15, 0.2) is 30.5 Å². The summed E-state index contributed by atoms with van der Waals surface area (Å²) in [6.45, 7) is 14.9. The van der Waals surface area contributed by atoms with E-state index in [1.807, 2.05) is 24.5 Å². The van der Waals surface area contributed by atoms with Crippen LogP contribution in [0, 0.1) is 19.3 Å². The largest absolute Gasteiger partial charge is 0.381 e. The fraction of sp³-hybridized carbons (Fsp3) is 0.609. The van der Waals surface area contributed by atoms with Gasteiger partial charge in [-0.05, 0) is 84.2 Å². The van der Waals surface area contributed by atoms with Crippen LogP contribution in [0.4, 0.5) is 0 Å². The minimum Gasteiger partial charge on any atom is -0.381 e. The van der Waals surface area contributed by atoms with Crippen molar-refractivity contribution in [2.24, 2.45) is 5.41 Å². The van der Waals surface area contributed by atoms with Crippen LogP contribution in [-0.4, -0.2) is 36.2 Å². The van der Waals surface area contributed by atoms with E-state index in [-0.39, 0.29) is 11.0 Å². The fourth-order valence-electron chi connectivity index (χ4n) is 4.15. The first-order valence-corrected chi connectivity index (χ1v) is 11.0. The van der Waals surface area contributed by atoms with Crippen LogP contribution >= 0.6 is 11.3 Å². The molecule has 0 aliphatic carbocycles. The molecule has 0 radical (unpaired) electrons. The second-order valence-corrected chi connectivity index (χ2v) is 9.94. The van der Waals surface area contributed by atoms with Gasteiger partial charge in [0.1, 0.15) is 0 Å². The normalized spacial score (nSPS) is 21.1. The zero-order valence-electron chi connectivity index (χ0n) is 17.5. The highest BCUT2D eigenvalue weighted by Crippen LogP contribution is 2.42. The zero-order chi connectivity index (χ0) is 19.5. The second-order valence-electron chi connectivity index (χ2n) is 8.57. The molecule has 1 fully saturated rings. The number of hydrogen-bond acceptors (Lipinski definition) is 4. The summed E-state index contributed by atoms with van der Waals surface area (Å²) in [4.78, 5) is 10.1. The number of thiophene rings is 1. The summed E-state index contributed by atoms with van der Waals surface area (Å²) in [7, 11) is 0. The van der Waals surface area contributed by atoms with Crippen molar-refractivity contribution < 1.29 is 4.74 Å². The molecule has 4 heteroatoms. The van der Waals surface area contributed by atoms with Gasteiger partial charge >= 0.3 is 0 Å². The molecule has 1 atom stereocenters. The summed E-state index contributed by atoms with van der Waals surface area (Å²) in [5.74, 6) is 0. The lowest BCUT2D eigenvalue weighted by molar-refractivity contribution is 0.0386. The van der Waals surface area contributed by atoms with Gasteiger partial charge in [-0.25, -0.2) is 0 Å². The van der Waals surface area contributed by atoms with Gasteiger partial charge in [0.2, 0.25) is 0 Å². The molecule has 2 aromatic heterocycles. The Balaban J connectivity index is 1.73. The number of hydrogen-bond donors (Lipinski definition) is 0. The summed E-state index contributed by atoms with van der Waals surface area (Å²) < 4.78 is 5.96. The van der Waals surface area contributed by atoms with Crippen molar-refractivity contribution in [2.75, 3.05) is 26.3 Å². The number of aromatic nitrogens is 1. The van der Waals surface area contributed by atoms with E-state index in [0.29, 0.717) is 0 Å². The van der Waals surface area contributed by atoms with E-state index < -0.39 is 0 Å². The lowest BCUT2D eigenvalue weighted by atomic mass is 9.82. The molecule has 1 saturated heterocycles. The molecule has 0 N–H and O–H groups in total. The van der Waals surface area contributed by atoms with Crippen LogP contribution < -0.4 is 0 Å². The molecule has 3 rings (SSSR count). The average molecular weight is 387 g/mol. The monoisotopic (exact) mass is 386 g/mol. The maximum Gasteiger partial charge on any atom is 0.0535 e. The molecule has 27 heavy (non-hydrogen) atoms. The molecule has 0 amide bonds. The highest BCUT2D eigenvalue weighted by atomic mass is 32.1. The third-order valence-electron chi connectivity index (χ3n) is 6.16. The topological polar surface area (TPSA) is 25.4 Å². The van der Waals surface area contributed by atoms with Crippen LogP contribution in [-0.2, 0) is 16.7 Å². The number of aryl methyl sites for hydroxylation is 3. The molecule has 0 spiro atoms. The van der Waals surface area contributed by atoms with E-state index >= 15 is 0 Å². The van der Waals surface area contributed by atoms with E-state index in [4.69, 9.17) is 4.74 Å². The molecule has 1 aliphatic rings. The summed E-state index contributed by atoms with van der Waals surface area (Å²) in [6.07, 6.45) is 5.62. The summed E-state index contributed by atoms with van der Waals surface area (Å²) in [5, 5.41) is 0. The molecule has 1 aliphatic heterocycles. The Morgan fingerprint density at radius 3 is 2.67 bits per heavy atom. The minimum atomic E-state index is -0.00577. The van der Waals surface area contributed by atoms with Gasteiger partial charge < -0.3 is 4.74 Å². The van der Waals surface area contributed by atoms with Crippen LogP contribution in [0.5, 0.6) is 0 Å². The van der Waals surface area contributed by atoms with Crippen molar-refractivity contribution in [1.29, 1.82) is 0 Å². The van der Waals surface area contributed by atoms with Gasteiger partial charge in [-0.2, -0.15) is 0 Å². The standard InChI is InChI=1S/C23H34N2OS/c1-6-26-17-23(12-11-21-10-8-19(3)27-21)13-14-25(16-23)22(4,5)20-9-7-18(2)24-15-20/h7-10,15H,6,11-14,16-17H2,1-5H3/t23-/m1/s1. The lowest BCUT2D eigenvalue weighted by Crippen LogP contribution is -2.42. The molecule has 3 heterocycles. The highest BCUT2D eigenvalue weighted by Gasteiger charge is 2.43. The second kappa shape index (κ2) is 8.42. The Hall–Kier alpha value is -1.23. The number of ether oxygens (including phenoxy) is 1. The number of likely N-dealkylation sites (tertiary alicyclic amines) is 1. The predicted octanol–water partition coefficient (Wildman–Crippen LogP) is 5.36. The molecule has 0 aromatic carbocycles. The third kappa shape index (κ3) is 4.79. The van der Waals surface area contributed by atoms with E-state index in [1.54, 1.807) is 0 Å². The maximum atomic E-state index is 5.96. The zero-order valence-corrected chi connectivity index (χ0v) is 18.4. The van der Waals surface area contributed by atoms with Crippen molar-refractivity contribution in [3.63, 3.8) is 0 Å². The van der Waals surface area contributed by atoms with E-state index in [0.717, 1.165) is 38.4 Å². The van der Waals surface area contributed by atoms with Gasteiger partial charge in [0.05, 0.1) is 6.61 Å². The molecule has 2 aromatic rings. The van der Waals surface area contributed by atoms with Crippen molar-refractivity contribution in [3.05, 3.63) is 51.5 Å². The Bertz CT molecular complexity index is 737. The van der Waals surface area contributed by atoms with E-state index in [9.17, 15) is 0 Å². The quantitative estimate of drug-likeness (QED) is 0.611. The third-order valence-corrected chi connectivity index (χ3v) is 7.22. The lowest BCUT2D eigenvalue weighted by Gasteiger charge is -2.38. The van der Waals surface area contributed by atoms with Gasteiger partial charge in [0, 0.05) is 45.8 Å². The smallest absolute Gasteiger partial charge is 0.0535 e. The average Bonchev–Trinajstić information content (AvgIpc) is 3.26. The number of rotatable bonds is 8. The van der Waals surface area contributed by atoms with Crippen molar-refractivity contribution >= 4 is 11.3 Å². The molecular formula is C23H34N2OS. The summed E-state index contributed by atoms with van der Waals surface area (Å²) in [5.41, 5.74) is 2.62. The first-order chi connectivity index (χ1) is 12.8. The van der Waals surface area contributed by atoms with Gasteiger partial charge in [-0.1, -0.05) is 6.07 Å². The predicted molar refractivity (Wildman–Crippen MR) is 114 cm³/mol. The van der Waals surface area contributed by atoms with Crippen LogP contribution in [0.1, 0.15) is 54.6 Å². The molecule has 0 saturated carbocycles. The van der Waals surface area contributed by atoms with Gasteiger partial charge in [0.15, 0.2) is 0 Å². The number of nitrogens with zero attached hydrogens (tertiary/aromatic N) is 2.